The van der Waals surface area contributed by atoms with Gasteiger partial charge in [-0.05, 0) is 47.2 Å². The van der Waals surface area contributed by atoms with Crippen LogP contribution < -0.4 is 10.6 Å². The Kier molecular flexibility index (Phi) is 4.20. The van der Waals surface area contributed by atoms with E-state index in [1.54, 1.807) is 12.1 Å². The third-order valence-corrected chi connectivity index (χ3v) is 7.75. The molecule has 0 unspecified atom stereocenters. The number of ketones is 1. The summed E-state index contributed by atoms with van der Waals surface area (Å²) in [6.45, 7) is 4.08. The second kappa shape index (κ2) is 6.90. The number of allylic oxidation sites excluding steroid dienone is 3. The zero-order valence-corrected chi connectivity index (χ0v) is 19.3. The summed E-state index contributed by atoms with van der Waals surface area (Å²) in [5.41, 5.74) is 8.56. The Balaban J connectivity index is 1.77. The van der Waals surface area contributed by atoms with Gasteiger partial charge in [0.05, 0.1) is 17.7 Å². The number of benzene rings is 2. The smallest absolute Gasteiger partial charge is 0.161 e. The summed E-state index contributed by atoms with van der Waals surface area (Å²) in [5, 5.41) is 21.0. The van der Waals surface area contributed by atoms with E-state index in [0.717, 1.165) is 16.8 Å². The second-order valence-corrected chi connectivity index (χ2v) is 10.4. The normalized spacial score (nSPS) is 28.0. The van der Waals surface area contributed by atoms with Crippen molar-refractivity contribution in [1.29, 1.82) is 10.5 Å². The van der Waals surface area contributed by atoms with E-state index < -0.39 is 23.1 Å². The highest BCUT2D eigenvalue weighted by Gasteiger charge is 2.67. The monoisotopic (exact) mass is 463 g/mol. The number of fused-ring (bicyclic) bond motifs is 4. The molecule has 0 fully saturated rings. The van der Waals surface area contributed by atoms with E-state index in [2.05, 4.69) is 17.1 Å². The lowest BCUT2D eigenvalue weighted by Gasteiger charge is -2.51. The Bertz CT molecular complexity index is 1500. The molecule has 7 heteroatoms. The number of halogens is 1. The number of aliphatic imine (C=N–C) groups is 1. The van der Waals surface area contributed by atoms with Crippen LogP contribution in [0.15, 0.2) is 76.2 Å². The molecule has 0 saturated heterocycles. The molecule has 3 atom stereocenters. The van der Waals surface area contributed by atoms with Gasteiger partial charge in [0.15, 0.2) is 5.78 Å². The minimum atomic E-state index is -1.33. The Morgan fingerprint density at radius 1 is 1.06 bits per heavy atom. The lowest BCUT2D eigenvalue weighted by atomic mass is 9.58. The summed E-state index contributed by atoms with van der Waals surface area (Å²) in [7, 11) is 0. The van der Waals surface area contributed by atoms with Gasteiger partial charge in [0.1, 0.15) is 22.9 Å². The van der Waals surface area contributed by atoms with Crippen molar-refractivity contribution >= 4 is 17.3 Å². The lowest BCUT2D eigenvalue weighted by Crippen LogP contribution is -2.56. The fraction of sp³-hybridized carbons (Fsp3) is 0.286. The summed E-state index contributed by atoms with van der Waals surface area (Å²) in [6.07, 6.45) is 0.924. The van der Waals surface area contributed by atoms with Crippen LogP contribution in [0.2, 0.25) is 0 Å². The van der Waals surface area contributed by atoms with Crippen molar-refractivity contribution in [2.24, 2.45) is 21.6 Å². The number of hydrogen-bond acceptors (Lipinski definition) is 6. The number of anilines is 1. The van der Waals surface area contributed by atoms with Gasteiger partial charge in [-0.2, -0.15) is 10.5 Å². The number of nitrogens with two attached hydrogens (primary N) is 1. The van der Waals surface area contributed by atoms with Gasteiger partial charge in [-0.1, -0.05) is 38.1 Å². The highest BCUT2D eigenvalue weighted by Crippen LogP contribution is 2.67. The Labute approximate surface area is 202 Å². The zero-order chi connectivity index (χ0) is 24.7. The maximum absolute atomic E-state index is 13.9. The van der Waals surface area contributed by atoms with Gasteiger partial charge in [-0.25, -0.2) is 9.38 Å². The fourth-order valence-corrected chi connectivity index (χ4v) is 6.49. The summed E-state index contributed by atoms with van der Waals surface area (Å²) >= 11 is 0. The van der Waals surface area contributed by atoms with Gasteiger partial charge in [0.2, 0.25) is 0 Å². The molecule has 35 heavy (non-hydrogen) atoms. The molecular formula is C28H22FN5O. The van der Waals surface area contributed by atoms with Gasteiger partial charge in [0.25, 0.3) is 0 Å². The first kappa shape index (κ1) is 21.3. The Morgan fingerprint density at radius 2 is 1.71 bits per heavy atom. The maximum atomic E-state index is 13.9. The third-order valence-electron chi connectivity index (χ3n) is 7.75. The minimum absolute atomic E-state index is 0.0153. The van der Waals surface area contributed by atoms with E-state index in [1.165, 1.54) is 12.1 Å². The molecule has 2 N–H and O–H groups in total. The summed E-state index contributed by atoms with van der Waals surface area (Å²) < 4.78 is 13.9. The molecule has 2 heterocycles. The molecule has 2 aliphatic heterocycles. The van der Waals surface area contributed by atoms with Crippen LogP contribution in [0.4, 0.5) is 10.1 Å². The number of carbonyl (C=O) groups excluding carboxylic acids is 1. The molecule has 6 nitrogen and oxygen atoms in total. The third kappa shape index (κ3) is 2.61. The molecule has 172 valence electrons. The zero-order valence-electron chi connectivity index (χ0n) is 19.3. The average molecular weight is 464 g/mol. The number of nitriles is 2. The predicted molar refractivity (Wildman–Crippen MR) is 128 cm³/mol. The molecule has 2 aromatic rings. The number of rotatable bonds is 1. The Morgan fingerprint density at radius 3 is 2.34 bits per heavy atom. The van der Waals surface area contributed by atoms with Crippen LogP contribution in [0, 0.1) is 39.3 Å². The molecule has 2 aromatic carbocycles. The van der Waals surface area contributed by atoms with Crippen molar-refractivity contribution < 1.29 is 9.18 Å². The van der Waals surface area contributed by atoms with Crippen LogP contribution in [0.1, 0.15) is 49.7 Å². The van der Waals surface area contributed by atoms with Crippen molar-refractivity contribution in [3.05, 3.63) is 88.1 Å². The summed E-state index contributed by atoms with van der Waals surface area (Å²) in [6, 6.07) is 18.3. The molecule has 0 spiro atoms. The van der Waals surface area contributed by atoms with Crippen LogP contribution in [0.25, 0.3) is 0 Å². The number of carbonyl (C=O) groups is 1. The fourth-order valence-electron chi connectivity index (χ4n) is 6.49. The summed E-state index contributed by atoms with van der Waals surface area (Å²) in [5.74, 6) is -1.19. The molecule has 0 aromatic heterocycles. The van der Waals surface area contributed by atoms with Gasteiger partial charge in [-0.15, -0.1) is 0 Å². The van der Waals surface area contributed by atoms with E-state index in [0.29, 0.717) is 29.9 Å². The van der Waals surface area contributed by atoms with Crippen LogP contribution in [0.5, 0.6) is 0 Å². The molecule has 0 saturated carbocycles. The van der Waals surface area contributed by atoms with Crippen LogP contribution in [-0.2, 0) is 4.79 Å². The van der Waals surface area contributed by atoms with Gasteiger partial charge >= 0.3 is 0 Å². The first-order chi connectivity index (χ1) is 16.7. The van der Waals surface area contributed by atoms with E-state index in [9.17, 15) is 19.7 Å². The highest BCUT2D eigenvalue weighted by molar-refractivity contribution is 6.16. The van der Waals surface area contributed by atoms with E-state index >= 15 is 0 Å². The molecule has 0 bridgehead atoms. The molecule has 0 radical (unpaired) electrons. The van der Waals surface area contributed by atoms with Gasteiger partial charge in [0, 0.05) is 35.2 Å². The summed E-state index contributed by atoms with van der Waals surface area (Å²) in [4.78, 5) is 20.3. The van der Waals surface area contributed by atoms with Crippen molar-refractivity contribution in [2.75, 3.05) is 4.90 Å². The highest BCUT2D eigenvalue weighted by atomic mass is 19.1. The minimum Gasteiger partial charge on any atom is -0.383 e. The number of amidine groups is 1. The van der Waals surface area contributed by atoms with Gasteiger partial charge < -0.3 is 10.6 Å². The van der Waals surface area contributed by atoms with E-state index in [4.69, 9.17) is 5.73 Å². The lowest BCUT2D eigenvalue weighted by molar-refractivity contribution is -0.118. The molecule has 4 aliphatic rings. The van der Waals surface area contributed by atoms with Crippen molar-refractivity contribution in [3.8, 4) is 12.1 Å². The molecule has 6 rings (SSSR count). The molecule has 2 aliphatic carbocycles. The van der Waals surface area contributed by atoms with E-state index in [1.807, 2.05) is 43.0 Å². The van der Waals surface area contributed by atoms with Crippen molar-refractivity contribution in [2.45, 2.75) is 38.5 Å². The second-order valence-electron chi connectivity index (χ2n) is 10.4. The first-order valence-corrected chi connectivity index (χ1v) is 11.5. The van der Waals surface area contributed by atoms with Gasteiger partial charge in [-0.3, -0.25) is 4.79 Å². The molecule has 0 amide bonds. The molecular weight excluding hydrogens is 441 g/mol. The SMILES string of the molecule is CC1(C)CC(=O)C2=C(C1)N(c1ccc(F)cc1)C1=NC(N)=C(C#N)[C@H]3c4ccccc4[C@@H]2[C@@]13C#N. The standard InChI is InChI=1S/C28H22FN5O/c1-27(2)11-20-22(21(35)12-27)24-18-6-4-3-5-17(18)23-19(13-30)25(32)33-26(28(23,24)14-31)34(20)16-9-7-15(29)8-10-16/h3-10,23-24H,11-12,32H2,1-2H3/t23-,24+,28+/m1/s1. The first-order valence-electron chi connectivity index (χ1n) is 11.5. The van der Waals surface area contributed by atoms with Crippen LogP contribution in [-0.4, -0.2) is 11.6 Å². The Hall–Kier alpha value is -4.23. The topological polar surface area (TPSA) is 106 Å². The van der Waals surface area contributed by atoms with E-state index in [-0.39, 0.29) is 22.6 Å². The quantitative estimate of drug-likeness (QED) is 0.655. The number of Topliss-reactive ketones (excluding diaryl/α,β-unsaturated/α-hetero) is 1. The van der Waals surface area contributed by atoms with Crippen LogP contribution in [0.3, 0.4) is 0 Å². The largest absolute Gasteiger partial charge is 0.383 e. The van der Waals surface area contributed by atoms with Crippen LogP contribution >= 0.6 is 0 Å². The van der Waals surface area contributed by atoms with Crippen molar-refractivity contribution in [3.63, 3.8) is 0 Å². The predicted octanol–water partition coefficient (Wildman–Crippen LogP) is 4.79. The average Bonchev–Trinajstić information content (AvgIpc) is 3.11. The van der Waals surface area contributed by atoms with Crippen molar-refractivity contribution in [1.82, 2.24) is 0 Å². The number of nitrogens with zero attached hydrogens (tertiary/aromatic N) is 4. The maximum Gasteiger partial charge on any atom is 0.161 e. The number of hydrogen-bond donors (Lipinski definition) is 1.